The number of piperidine rings is 1. The summed E-state index contributed by atoms with van der Waals surface area (Å²) >= 11 is 0. The van der Waals surface area contributed by atoms with E-state index in [1.54, 1.807) is 6.07 Å². The average molecular weight is 403 g/mol. The van der Waals surface area contributed by atoms with E-state index in [0.717, 1.165) is 43.3 Å². The highest BCUT2D eigenvalue weighted by Crippen LogP contribution is 2.30. The number of alkyl halides is 3. The number of nitriles is 1. The van der Waals surface area contributed by atoms with E-state index in [0.29, 0.717) is 23.5 Å². The molecule has 0 saturated carbocycles. The quantitative estimate of drug-likeness (QED) is 0.770. The maximum atomic E-state index is 12.9. The van der Waals surface area contributed by atoms with Crippen molar-refractivity contribution in [3.63, 3.8) is 0 Å². The van der Waals surface area contributed by atoms with E-state index >= 15 is 0 Å². The van der Waals surface area contributed by atoms with Crippen molar-refractivity contribution in [1.82, 2.24) is 15.1 Å². The van der Waals surface area contributed by atoms with E-state index in [4.69, 9.17) is 0 Å². The Morgan fingerprint density at radius 1 is 1.21 bits per heavy atom. The van der Waals surface area contributed by atoms with Crippen molar-refractivity contribution in [2.24, 2.45) is 0 Å². The molecule has 1 fully saturated rings. The van der Waals surface area contributed by atoms with Gasteiger partial charge < -0.3 is 4.90 Å². The third kappa shape index (κ3) is 4.67. The second-order valence-corrected chi connectivity index (χ2v) is 7.55. The van der Waals surface area contributed by atoms with Crippen molar-refractivity contribution >= 4 is 5.82 Å². The summed E-state index contributed by atoms with van der Waals surface area (Å²) in [5.74, 6) is 0.620. The highest BCUT2D eigenvalue weighted by atomic mass is 19.4. The normalized spacial score (nSPS) is 15.6. The molecular weight excluding hydrogens is 379 g/mol. The Hall–Kier alpha value is -2.66. The Kier molecular flexibility index (Phi) is 6.08. The lowest BCUT2D eigenvalue weighted by molar-refractivity contribution is -0.137. The molecule has 0 amide bonds. The first-order chi connectivity index (χ1) is 13.7. The van der Waals surface area contributed by atoms with Gasteiger partial charge in [-0.2, -0.15) is 23.5 Å². The first-order valence-electron chi connectivity index (χ1n) is 9.56. The van der Waals surface area contributed by atoms with Crippen molar-refractivity contribution in [2.75, 3.05) is 25.0 Å². The summed E-state index contributed by atoms with van der Waals surface area (Å²) in [4.78, 5) is 4.18. The monoisotopic (exact) mass is 403 g/mol. The molecule has 0 radical (unpaired) electrons. The molecule has 0 unspecified atom stereocenters. The zero-order chi connectivity index (χ0) is 21.2. The van der Waals surface area contributed by atoms with Crippen molar-refractivity contribution < 1.29 is 13.2 Å². The number of aromatic nitrogens is 2. The van der Waals surface area contributed by atoms with Gasteiger partial charge in [0.1, 0.15) is 11.6 Å². The summed E-state index contributed by atoms with van der Waals surface area (Å²) < 4.78 is 38.8. The van der Waals surface area contributed by atoms with Crippen molar-refractivity contribution in [2.45, 2.75) is 45.5 Å². The Bertz CT molecular complexity index is 912. The molecular formula is C21H24F3N5. The smallest absolute Gasteiger partial charge is 0.354 e. The zero-order valence-corrected chi connectivity index (χ0v) is 16.8. The fraction of sp³-hybridized carbons (Fsp3) is 0.476. The number of rotatable bonds is 4. The fourth-order valence-corrected chi connectivity index (χ4v) is 3.73. The Labute approximate surface area is 168 Å². The zero-order valence-electron chi connectivity index (χ0n) is 16.8. The third-order valence-electron chi connectivity index (χ3n) is 5.62. The lowest BCUT2D eigenvalue weighted by atomic mass is 10.0. The first-order valence-corrected chi connectivity index (χ1v) is 9.56. The molecule has 1 aromatic carbocycles. The molecule has 29 heavy (non-hydrogen) atoms. The summed E-state index contributed by atoms with van der Waals surface area (Å²) in [7, 11) is 1.94. The van der Waals surface area contributed by atoms with Crippen molar-refractivity contribution in [1.29, 1.82) is 5.26 Å². The van der Waals surface area contributed by atoms with Crippen LogP contribution in [0.4, 0.5) is 19.0 Å². The predicted octanol–water partition coefficient (Wildman–Crippen LogP) is 4.08. The molecule has 0 bridgehead atoms. The molecule has 8 heteroatoms. The van der Waals surface area contributed by atoms with Crippen LogP contribution in [-0.4, -0.2) is 41.3 Å². The van der Waals surface area contributed by atoms with Crippen LogP contribution in [0.5, 0.6) is 0 Å². The fourth-order valence-electron chi connectivity index (χ4n) is 3.73. The minimum atomic E-state index is -4.33. The second-order valence-electron chi connectivity index (χ2n) is 7.55. The summed E-state index contributed by atoms with van der Waals surface area (Å²) in [5.41, 5.74) is 2.20. The SMILES string of the molecule is Cc1nnc(N2CCC(N(C)Cc3cccc(C(F)(F)F)c3)CC2)c(C#N)c1C. The second kappa shape index (κ2) is 8.37. The van der Waals surface area contributed by atoms with Gasteiger partial charge in [0.05, 0.1) is 11.3 Å². The average Bonchev–Trinajstić information content (AvgIpc) is 2.69. The minimum absolute atomic E-state index is 0.255. The molecule has 0 spiro atoms. The number of hydrogen-bond acceptors (Lipinski definition) is 5. The van der Waals surface area contributed by atoms with Crippen LogP contribution in [0.15, 0.2) is 24.3 Å². The van der Waals surface area contributed by atoms with Gasteiger partial charge in [0.2, 0.25) is 0 Å². The Balaban J connectivity index is 1.64. The Morgan fingerprint density at radius 2 is 1.90 bits per heavy atom. The number of hydrogen-bond donors (Lipinski definition) is 0. The lowest BCUT2D eigenvalue weighted by Crippen LogP contribution is -2.43. The molecule has 2 heterocycles. The number of halogens is 3. The molecule has 154 valence electrons. The number of aryl methyl sites for hydroxylation is 1. The van der Waals surface area contributed by atoms with Crippen LogP contribution in [0.1, 0.15) is 40.8 Å². The van der Waals surface area contributed by atoms with Gasteiger partial charge in [-0.25, -0.2) is 0 Å². The van der Waals surface area contributed by atoms with E-state index < -0.39 is 11.7 Å². The predicted molar refractivity (Wildman–Crippen MR) is 104 cm³/mol. The van der Waals surface area contributed by atoms with Crippen molar-refractivity contribution in [3.05, 3.63) is 52.2 Å². The molecule has 5 nitrogen and oxygen atoms in total. The van der Waals surface area contributed by atoms with E-state index in [1.165, 1.54) is 12.1 Å². The van der Waals surface area contributed by atoms with E-state index in [-0.39, 0.29) is 6.04 Å². The molecule has 0 aliphatic carbocycles. The lowest BCUT2D eigenvalue weighted by Gasteiger charge is -2.37. The molecule has 3 rings (SSSR count). The van der Waals surface area contributed by atoms with Gasteiger partial charge in [-0.3, -0.25) is 4.90 Å². The molecule has 1 saturated heterocycles. The molecule has 1 aromatic heterocycles. The highest BCUT2D eigenvalue weighted by molar-refractivity contribution is 5.57. The van der Waals surface area contributed by atoms with Gasteiger partial charge in [-0.1, -0.05) is 18.2 Å². The van der Waals surface area contributed by atoms with Gasteiger partial charge in [0, 0.05) is 25.7 Å². The number of benzene rings is 1. The topological polar surface area (TPSA) is 56.1 Å². The van der Waals surface area contributed by atoms with Crippen LogP contribution in [0.2, 0.25) is 0 Å². The van der Waals surface area contributed by atoms with E-state index in [9.17, 15) is 18.4 Å². The standard InChI is InChI=1S/C21H24F3N5/c1-14-15(2)26-27-20(19(14)12-25)29-9-7-18(8-10-29)28(3)13-16-5-4-6-17(11-16)21(22,23)24/h4-6,11,18H,7-10,13H2,1-3H3. The highest BCUT2D eigenvalue weighted by Gasteiger charge is 2.31. The largest absolute Gasteiger partial charge is 0.416 e. The molecule has 1 aliphatic heterocycles. The first kappa shape index (κ1) is 21.1. The maximum Gasteiger partial charge on any atom is 0.416 e. The number of nitrogens with zero attached hydrogens (tertiary/aromatic N) is 5. The van der Waals surface area contributed by atoms with Crippen LogP contribution in [0.25, 0.3) is 0 Å². The van der Waals surface area contributed by atoms with E-state index in [1.807, 2.05) is 20.9 Å². The summed E-state index contributed by atoms with van der Waals surface area (Å²) in [6, 6.07) is 7.99. The summed E-state index contributed by atoms with van der Waals surface area (Å²) in [6.45, 7) is 5.62. The van der Waals surface area contributed by atoms with Crippen LogP contribution in [0, 0.1) is 25.2 Å². The van der Waals surface area contributed by atoms with Crippen LogP contribution in [0.3, 0.4) is 0 Å². The van der Waals surface area contributed by atoms with Gasteiger partial charge in [-0.15, -0.1) is 5.10 Å². The van der Waals surface area contributed by atoms with Gasteiger partial charge in [-0.05, 0) is 50.9 Å². The van der Waals surface area contributed by atoms with Crippen LogP contribution >= 0.6 is 0 Å². The molecule has 1 aliphatic rings. The molecule has 0 atom stereocenters. The summed E-state index contributed by atoms with van der Waals surface area (Å²) in [6.07, 6.45) is -2.64. The Morgan fingerprint density at radius 3 is 2.52 bits per heavy atom. The minimum Gasteiger partial charge on any atom is -0.354 e. The van der Waals surface area contributed by atoms with E-state index in [2.05, 4.69) is 26.1 Å². The number of anilines is 1. The molecule has 2 aromatic rings. The van der Waals surface area contributed by atoms with Gasteiger partial charge in [0.25, 0.3) is 0 Å². The van der Waals surface area contributed by atoms with Gasteiger partial charge in [0.15, 0.2) is 5.82 Å². The molecule has 0 N–H and O–H groups in total. The maximum absolute atomic E-state index is 12.9. The van der Waals surface area contributed by atoms with Crippen LogP contribution < -0.4 is 4.90 Å². The van der Waals surface area contributed by atoms with Gasteiger partial charge >= 0.3 is 6.18 Å². The third-order valence-corrected chi connectivity index (χ3v) is 5.62. The van der Waals surface area contributed by atoms with Crippen molar-refractivity contribution in [3.8, 4) is 6.07 Å². The van der Waals surface area contributed by atoms with Crippen LogP contribution in [-0.2, 0) is 12.7 Å². The summed E-state index contributed by atoms with van der Waals surface area (Å²) in [5, 5.41) is 17.9.